The van der Waals surface area contributed by atoms with Crippen molar-refractivity contribution in [3.63, 3.8) is 0 Å². The molecule has 15 heteroatoms. The third-order valence-electron chi connectivity index (χ3n) is 12.8. The molecule has 0 saturated carbocycles. The Kier molecular flexibility index (Phi) is 31.5. The number of unbranched alkanes of at least 4 members (excludes halogenated alkanes) is 23. The number of rotatable bonds is 39. The summed E-state index contributed by atoms with van der Waals surface area (Å²) in [6.45, 7) is 2.96. The maximum Gasteiger partial charge on any atom is 0.408 e. The van der Waals surface area contributed by atoms with Gasteiger partial charge in [-0.2, -0.15) is 0 Å². The Balaban J connectivity index is 2.13. The summed E-state index contributed by atoms with van der Waals surface area (Å²) >= 11 is 0. The van der Waals surface area contributed by atoms with Gasteiger partial charge in [-0.3, -0.25) is 24.9 Å². The lowest BCUT2D eigenvalue weighted by atomic mass is 9.82. The van der Waals surface area contributed by atoms with Crippen molar-refractivity contribution in [2.24, 2.45) is 17.4 Å². The molecule has 1 aliphatic rings. The molecular formula is C51H89N5O10. The SMILES string of the molecule is CCCCCCCCCCCCCCCCCCN(C(=O)CCCCCCCCCCC)[C@]1(N)O[C@H](CO)[C@@H](O)[C@H](O)[C@H]1C(=O)CNC(=O)[C@H](CCC(N)=O)NC(=O)OCc1ccccc1. The average molecular weight is 932 g/mol. The summed E-state index contributed by atoms with van der Waals surface area (Å²) in [7, 11) is 0. The number of nitrogens with two attached hydrogens (primary N) is 2. The Morgan fingerprint density at radius 1 is 0.712 bits per heavy atom. The van der Waals surface area contributed by atoms with Gasteiger partial charge in [-0.05, 0) is 24.8 Å². The van der Waals surface area contributed by atoms with Crippen LogP contribution in [-0.4, -0.2) is 99.7 Å². The van der Waals surface area contributed by atoms with Gasteiger partial charge in [-0.1, -0.05) is 192 Å². The van der Waals surface area contributed by atoms with Crippen LogP contribution in [0, 0.1) is 5.92 Å². The molecule has 2 rings (SSSR count). The number of alkyl carbamates (subject to hydrolysis) is 1. The van der Waals surface area contributed by atoms with Crippen LogP contribution in [0.15, 0.2) is 30.3 Å². The van der Waals surface area contributed by atoms with E-state index >= 15 is 0 Å². The predicted octanol–water partition coefficient (Wildman–Crippen LogP) is 7.58. The third-order valence-corrected chi connectivity index (χ3v) is 12.8. The van der Waals surface area contributed by atoms with Crippen molar-refractivity contribution < 1.29 is 48.8 Å². The molecule has 378 valence electrons. The summed E-state index contributed by atoms with van der Waals surface area (Å²) in [6, 6.07) is 7.53. The molecule has 1 heterocycles. The molecule has 0 radical (unpaired) electrons. The van der Waals surface area contributed by atoms with Gasteiger partial charge in [0.2, 0.25) is 23.6 Å². The maximum absolute atomic E-state index is 14.2. The van der Waals surface area contributed by atoms with Gasteiger partial charge in [0.25, 0.3) is 0 Å². The number of hydrogen-bond donors (Lipinski definition) is 7. The summed E-state index contributed by atoms with van der Waals surface area (Å²) < 4.78 is 11.3. The Hall–Kier alpha value is -3.63. The monoisotopic (exact) mass is 932 g/mol. The number of aliphatic hydroxyl groups excluding tert-OH is 3. The number of ether oxygens (including phenoxy) is 2. The van der Waals surface area contributed by atoms with E-state index in [0.717, 1.165) is 51.4 Å². The Labute approximate surface area is 396 Å². The molecule has 4 amide bonds. The highest BCUT2D eigenvalue weighted by atomic mass is 16.6. The number of amides is 4. The highest BCUT2D eigenvalue weighted by molar-refractivity contribution is 5.92. The van der Waals surface area contributed by atoms with Gasteiger partial charge >= 0.3 is 6.09 Å². The zero-order chi connectivity index (χ0) is 48.4. The van der Waals surface area contributed by atoms with Crippen molar-refractivity contribution in [2.75, 3.05) is 19.7 Å². The molecule has 1 aromatic rings. The summed E-state index contributed by atoms with van der Waals surface area (Å²) in [5.41, 5.74) is 13.0. The normalized spacial score (nSPS) is 19.8. The quantitative estimate of drug-likeness (QED) is 0.0251. The van der Waals surface area contributed by atoms with Crippen LogP contribution in [0.3, 0.4) is 0 Å². The van der Waals surface area contributed by atoms with E-state index in [4.69, 9.17) is 20.9 Å². The van der Waals surface area contributed by atoms with Crippen molar-refractivity contribution >= 4 is 29.6 Å². The first-order chi connectivity index (χ1) is 31.9. The first kappa shape index (κ1) is 58.5. The largest absolute Gasteiger partial charge is 0.445 e. The molecule has 0 spiro atoms. The van der Waals surface area contributed by atoms with Gasteiger partial charge < -0.3 is 46.1 Å². The van der Waals surface area contributed by atoms with Crippen molar-refractivity contribution in [1.82, 2.24) is 15.5 Å². The molecule has 1 saturated heterocycles. The van der Waals surface area contributed by atoms with E-state index in [2.05, 4.69) is 24.5 Å². The van der Waals surface area contributed by atoms with E-state index in [1.54, 1.807) is 24.3 Å². The second-order valence-electron chi connectivity index (χ2n) is 18.4. The van der Waals surface area contributed by atoms with Gasteiger partial charge in [0.05, 0.1) is 19.3 Å². The predicted molar refractivity (Wildman–Crippen MR) is 257 cm³/mol. The second kappa shape index (κ2) is 35.5. The zero-order valence-corrected chi connectivity index (χ0v) is 40.7. The molecule has 66 heavy (non-hydrogen) atoms. The molecule has 9 N–H and O–H groups in total. The number of Topliss-reactive ketones (excluding diaryl/α,β-unsaturated/α-hetero) is 1. The summed E-state index contributed by atoms with van der Waals surface area (Å²) in [5.74, 6) is -6.84. The van der Waals surface area contributed by atoms with Gasteiger partial charge in [-0.25, -0.2) is 4.79 Å². The van der Waals surface area contributed by atoms with Crippen LogP contribution >= 0.6 is 0 Å². The molecule has 6 atom stereocenters. The molecule has 1 aromatic carbocycles. The Morgan fingerprint density at radius 3 is 1.68 bits per heavy atom. The number of nitrogens with one attached hydrogen (secondary N) is 2. The lowest BCUT2D eigenvalue weighted by Crippen LogP contribution is -2.75. The Bertz CT molecular complexity index is 1490. The third kappa shape index (κ3) is 23.4. The van der Waals surface area contributed by atoms with Gasteiger partial charge in [-0.15, -0.1) is 0 Å². The maximum atomic E-state index is 14.2. The lowest BCUT2D eigenvalue weighted by Gasteiger charge is -2.52. The van der Waals surface area contributed by atoms with Gasteiger partial charge in [0.1, 0.15) is 30.8 Å². The van der Waals surface area contributed by atoms with Crippen LogP contribution in [-0.2, 0) is 35.3 Å². The van der Waals surface area contributed by atoms with Crippen LogP contribution in [0.5, 0.6) is 0 Å². The van der Waals surface area contributed by atoms with E-state index in [0.29, 0.717) is 18.4 Å². The molecular weight excluding hydrogens is 843 g/mol. The van der Waals surface area contributed by atoms with E-state index in [1.807, 2.05) is 6.07 Å². The minimum absolute atomic E-state index is 0.0849. The van der Waals surface area contributed by atoms with Crippen molar-refractivity contribution in [2.45, 2.75) is 230 Å². The van der Waals surface area contributed by atoms with Crippen molar-refractivity contribution in [3.05, 3.63) is 35.9 Å². The molecule has 0 aliphatic carbocycles. The number of hydrogen-bond acceptors (Lipinski definition) is 11. The fourth-order valence-corrected chi connectivity index (χ4v) is 8.75. The molecule has 0 bridgehead atoms. The summed E-state index contributed by atoms with van der Waals surface area (Å²) in [5, 5.41) is 37.6. The van der Waals surface area contributed by atoms with Crippen LogP contribution in [0.4, 0.5) is 4.79 Å². The topological polar surface area (TPSA) is 244 Å². The van der Waals surface area contributed by atoms with Crippen LogP contribution in [0.1, 0.15) is 199 Å². The molecule has 1 aliphatic heterocycles. The number of aliphatic hydroxyl groups is 3. The van der Waals surface area contributed by atoms with Gasteiger partial charge in [0.15, 0.2) is 5.78 Å². The smallest absolute Gasteiger partial charge is 0.408 e. The lowest BCUT2D eigenvalue weighted by molar-refractivity contribution is -0.291. The highest BCUT2D eigenvalue weighted by Crippen LogP contribution is 2.36. The van der Waals surface area contributed by atoms with E-state index in [1.165, 1.54) is 101 Å². The van der Waals surface area contributed by atoms with E-state index < -0.39 is 73.0 Å². The van der Waals surface area contributed by atoms with Crippen LogP contribution in [0.25, 0.3) is 0 Å². The number of primary amides is 1. The van der Waals surface area contributed by atoms with Crippen molar-refractivity contribution in [3.8, 4) is 0 Å². The molecule has 0 aromatic heterocycles. The summed E-state index contributed by atoms with van der Waals surface area (Å²) in [4.78, 5) is 67.5. The fraction of sp³-hybridized carbons (Fsp3) is 0.784. The average Bonchev–Trinajstić information content (AvgIpc) is 3.30. The van der Waals surface area contributed by atoms with E-state index in [-0.39, 0.29) is 38.3 Å². The standard InChI is InChI=1S/C51H89N5O10/c1-3-5-7-9-11-13-14-15-16-17-18-19-21-23-25-30-36-56(45(60)33-29-24-22-20-12-10-8-6-4-2)51(53)46(48(62)47(61)43(38-57)66-51)42(58)37-54-49(63)41(34-35-44(52)59)55-50(64)65-39-40-31-27-26-28-32-40/h26-28,31-32,41,43,46-48,57,61-62H,3-25,29-30,33-39,53H2,1-2H3,(H2,52,59)(H,54,63)(H,55,64)/t41-,43+,46+,47+,48+,51-/m0/s1. The number of ketones is 1. The van der Waals surface area contributed by atoms with Crippen LogP contribution < -0.4 is 22.1 Å². The number of carbonyl (C=O) groups is 5. The first-order valence-electron chi connectivity index (χ1n) is 25.7. The Morgan fingerprint density at radius 2 is 1.20 bits per heavy atom. The van der Waals surface area contributed by atoms with Gasteiger partial charge in [0, 0.05) is 19.4 Å². The zero-order valence-electron chi connectivity index (χ0n) is 40.7. The minimum atomic E-state index is -2.29. The molecule has 1 fully saturated rings. The second-order valence-corrected chi connectivity index (χ2v) is 18.4. The van der Waals surface area contributed by atoms with Crippen LogP contribution in [0.2, 0.25) is 0 Å². The molecule has 15 nitrogen and oxygen atoms in total. The van der Waals surface area contributed by atoms with Crippen molar-refractivity contribution in [1.29, 1.82) is 0 Å². The fourth-order valence-electron chi connectivity index (χ4n) is 8.75. The highest BCUT2D eigenvalue weighted by Gasteiger charge is 2.58. The number of benzene rings is 1. The number of carbonyl (C=O) groups excluding carboxylic acids is 5. The van der Waals surface area contributed by atoms with E-state index in [9.17, 15) is 39.3 Å². The number of nitrogens with zero attached hydrogens (tertiary/aromatic N) is 1. The summed E-state index contributed by atoms with van der Waals surface area (Å²) in [6.07, 6.45) is 21.8. The first-order valence-corrected chi connectivity index (χ1v) is 25.7. The minimum Gasteiger partial charge on any atom is -0.445 e. The molecule has 0 unspecified atom stereocenters.